The van der Waals surface area contributed by atoms with Gasteiger partial charge in [-0.05, 0) is 44.9 Å². The van der Waals surface area contributed by atoms with Crippen LogP contribution in [0.5, 0.6) is 0 Å². The fourth-order valence-electron chi connectivity index (χ4n) is 2.10. The Hall–Kier alpha value is -1.20. The quantitative estimate of drug-likeness (QED) is 0.879. The lowest BCUT2D eigenvalue weighted by molar-refractivity contribution is -0.122. The van der Waals surface area contributed by atoms with Gasteiger partial charge in [0.05, 0.1) is 11.2 Å². The van der Waals surface area contributed by atoms with Crippen molar-refractivity contribution < 1.29 is 13.6 Å². The molecule has 1 heterocycles. The Morgan fingerprint density at radius 3 is 2.68 bits per heavy atom. The van der Waals surface area contributed by atoms with Gasteiger partial charge in [-0.2, -0.15) is 0 Å². The summed E-state index contributed by atoms with van der Waals surface area (Å²) < 4.78 is 26.2. The predicted octanol–water partition coefficient (Wildman–Crippen LogP) is 2.86. The van der Waals surface area contributed by atoms with E-state index < -0.39 is 17.2 Å². The summed E-state index contributed by atoms with van der Waals surface area (Å²) in [6, 6.07) is 3.11. The minimum atomic E-state index is -0.761. The van der Waals surface area contributed by atoms with Crippen molar-refractivity contribution in [1.29, 1.82) is 0 Å². The molecule has 106 valence electrons. The fraction of sp³-hybridized carbons (Fsp3) is 0.462. The van der Waals surface area contributed by atoms with Crippen molar-refractivity contribution >= 4 is 24.0 Å². The van der Waals surface area contributed by atoms with Crippen LogP contribution in [-0.4, -0.2) is 18.0 Å². The molecule has 2 N–H and O–H groups in total. The maximum absolute atomic E-state index is 13.4. The van der Waals surface area contributed by atoms with Gasteiger partial charge in [0.15, 0.2) is 0 Å². The van der Waals surface area contributed by atoms with E-state index in [9.17, 15) is 13.6 Å². The lowest BCUT2D eigenvalue weighted by Gasteiger charge is -2.33. The summed E-state index contributed by atoms with van der Waals surface area (Å²) in [6.45, 7) is 2.57. The van der Waals surface area contributed by atoms with Gasteiger partial charge < -0.3 is 10.6 Å². The highest BCUT2D eigenvalue weighted by atomic mass is 35.5. The molecule has 1 aliphatic heterocycles. The fourth-order valence-corrected chi connectivity index (χ4v) is 2.10. The average molecular weight is 291 g/mol. The summed E-state index contributed by atoms with van der Waals surface area (Å²) in [5.74, 6) is -1.71. The Labute approximate surface area is 117 Å². The number of anilines is 1. The third kappa shape index (κ3) is 3.64. The first-order valence-electron chi connectivity index (χ1n) is 6.03. The van der Waals surface area contributed by atoms with E-state index in [0.717, 1.165) is 31.5 Å². The Kier molecular flexibility index (Phi) is 5.26. The van der Waals surface area contributed by atoms with Crippen molar-refractivity contribution in [2.24, 2.45) is 0 Å². The summed E-state index contributed by atoms with van der Waals surface area (Å²) in [7, 11) is 0. The monoisotopic (exact) mass is 290 g/mol. The zero-order chi connectivity index (χ0) is 13.2. The van der Waals surface area contributed by atoms with Crippen LogP contribution in [0.4, 0.5) is 14.5 Å². The molecule has 1 aliphatic rings. The number of benzene rings is 1. The molecule has 19 heavy (non-hydrogen) atoms. The molecular weight excluding hydrogens is 274 g/mol. The summed E-state index contributed by atoms with van der Waals surface area (Å²) in [4.78, 5) is 12.1. The Bertz CT molecular complexity index is 462. The van der Waals surface area contributed by atoms with Gasteiger partial charge in [0.1, 0.15) is 11.6 Å². The van der Waals surface area contributed by atoms with Gasteiger partial charge in [0.25, 0.3) is 0 Å². The van der Waals surface area contributed by atoms with E-state index in [2.05, 4.69) is 10.6 Å². The Balaban J connectivity index is 0.00000180. The maximum atomic E-state index is 13.4. The van der Waals surface area contributed by atoms with E-state index in [4.69, 9.17) is 0 Å². The first kappa shape index (κ1) is 15.9. The van der Waals surface area contributed by atoms with Crippen molar-refractivity contribution in [3.63, 3.8) is 0 Å². The molecule has 3 nitrogen and oxygen atoms in total. The third-order valence-corrected chi connectivity index (χ3v) is 3.30. The highest BCUT2D eigenvalue weighted by Crippen LogP contribution is 2.22. The first-order chi connectivity index (χ1) is 8.51. The molecule has 0 aliphatic carbocycles. The number of carbonyl (C=O) groups is 1. The maximum Gasteiger partial charge on any atom is 0.244 e. The van der Waals surface area contributed by atoms with Crippen LogP contribution < -0.4 is 10.6 Å². The number of carbonyl (C=O) groups excluding carboxylic acids is 1. The molecule has 0 aromatic heterocycles. The van der Waals surface area contributed by atoms with Crippen molar-refractivity contribution in [1.82, 2.24) is 5.32 Å². The molecule has 1 unspecified atom stereocenters. The molecule has 1 fully saturated rings. The van der Waals surface area contributed by atoms with Crippen LogP contribution >= 0.6 is 12.4 Å². The highest BCUT2D eigenvalue weighted by Gasteiger charge is 2.34. The molecule has 0 saturated carbocycles. The summed E-state index contributed by atoms with van der Waals surface area (Å²) in [6.07, 6.45) is 2.71. The van der Waals surface area contributed by atoms with Crippen LogP contribution in [0.1, 0.15) is 26.2 Å². The lowest BCUT2D eigenvalue weighted by atomic mass is 9.90. The van der Waals surface area contributed by atoms with Crippen LogP contribution in [0.2, 0.25) is 0 Å². The van der Waals surface area contributed by atoms with Gasteiger partial charge in [-0.1, -0.05) is 0 Å². The minimum Gasteiger partial charge on any atom is -0.322 e. The molecule has 2 rings (SSSR count). The van der Waals surface area contributed by atoms with Crippen molar-refractivity contribution in [3.05, 3.63) is 29.8 Å². The van der Waals surface area contributed by atoms with Gasteiger partial charge >= 0.3 is 0 Å². The van der Waals surface area contributed by atoms with Crippen LogP contribution in [0, 0.1) is 11.6 Å². The van der Waals surface area contributed by atoms with Crippen molar-refractivity contribution in [2.45, 2.75) is 31.7 Å². The molecule has 0 radical (unpaired) electrons. The molecular formula is C13H17ClF2N2O. The zero-order valence-electron chi connectivity index (χ0n) is 10.6. The van der Waals surface area contributed by atoms with Gasteiger partial charge in [0, 0.05) is 6.07 Å². The summed E-state index contributed by atoms with van der Waals surface area (Å²) >= 11 is 0. The molecule has 1 atom stereocenters. The van der Waals surface area contributed by atoms with Gasteiger partial charge in [-0.3, -0.25) is 4.79 Å². The van der Waals surface area contributed by atoms with Crippen LogP contribution in [0.25, 0.3) is 0 Å². The van der Waals surface area contributed by atoms with Gasteiger partial charge in [-0.15, -0.1) is 12.4 Å². The molecule has 0 bridgehead atoms. The number of nitrogens with one attached hydrogen (secondary N) is 2. The normalized spacial score (nSPS) is 22.5. The van der Waals surface area contributed by atoms with Crippen LogP contribution in [-0.2, 0) is 4.79 Å². The Morgan fingerprint density at radius 1 is 1.37 bits per heavy atom. The third-order valence-electron chi connectivity index (χ3n) is 3.30. The topological polar surface area (TPSA) is 41.1 Å². The van der Waals surface area contributed by atoms with E-state index in [1.54, 1.807) is 6.92 Å². The average Bonchev–Trinajstić information content (AvgIpc) is 2.33. The van der Waals surface area contributed by atoms with E-state index in [1.165, 1.54) is 6.07 Å². The largest absolute Gasteiger partial charge is 0.322 e. The number of hydrogen-bond donors (Lipinski definition) is 2. The molecule has 0 spiro atoms. The number of halogens is 3. The first-order valence-corrected chi connectivity index (χ1v) is 6.03. The van der Waals surface area contributed by atoms with E-state index in [1.807, 2.05) is 0 Å². The van der Waals surface area contributed by atoms with Gasteiger partial charge in [0.2, 0.25) is 5.91 Å². The summed E-state index contributed by atoms with van der Waals surface area (Å²) in [5, 5.41) is 5.64. The highest BCUT2D eigenvalue weighted by molar-refractivity contribution is 5.98. The molecule has 1 aromatic carbocycles. The number of hydrogen-bond acceptors (Lipinski definition) is 2. The second-order valence-electron chi connectivity index (χ2n) is 4.79. The lowest BCUT2D eigenvalue weighted by Crippen LogP contribution is -2.54. The number of rotatable bonds is 2. The smallest absolute Gasteiger partial charge is 0.244 e. The zero-order valence-corrected chi connectivity index (χ0v) is 11.4. The second-order valence-corrected chi connectivity index (χ2v) is 4.79. The molecule has 1 aromatic rings. The van der Waals surface area contributed by atoms with Crippen molar-refractivity contribution in [2.75, 3.05) is 11.9 Å². The second kappa shape index (κ2) is 6.30. The predicted molar refractivity (Wildman–Crippen MR) is 72.5 cm³/mol. The molecule has 1 saturated heterocycles. The molecule has 1 amide bonds. The van der Waals surface area contributed by atoms with Crippen molar-refractivity contribution in [3.8, 4) is 0 Å². The van der Waals surface area contributed by atoms with E-state index in [-0.39, 0.29) is 24.0 Å². The standard InChI is InChI=1S/C13H16F2N2O.ClH/c1-13(6-2-3-7-16-13)12(18)17-11-5-4-9(14)8-10(11)15;/h4-5,8,16H,2-3,6-7H2,1H3,(H,17,18);1H. The SMILES string of the molecule is CC1(C(=O)Nc2ccc(F)cc2F)CCCCN1.Cl. The number of amides is 1. The minimum absolute atomic E-state index is 0. The van der Waals surface area contributed by atoms with Gasteiger partial charge in [-0.25, -0.2) is 8.78 Å². The van der Waals surface area contributed by atoms with E-state index in [0.29, 0.717) is 6.42 Å². The van der Waals surface area contributed by atoms with Crippen LogP contribution in [0.15, 0.2) is 18.2 Å². The number of piperidine rings is 1. The van der Waals surface area contributed by atoms with E-state index >= 15 is 0 Å². The molecule has 6 heteroatoms. The Morgan fingerprint density at radius 2 is 2.11 bits per heavy atom. The van der Waals surface area contributed by atoms with Crippen LogP contribution in [0.3, 0.4) is 0 Å². The summed E-state index contributed by atoms with van der Waals surface area (Å²) in [5.41, 5.74) is -0.672.